The monoisotopic (exact) mass is 666 g/mol. The van der Waals surface area contributed by atoms with Crippen LogP contribution in [-0.2, 0) is 32.0 Å². The summed E-state index contributed by atoms with van der Waals surface area (Å²) in [5.74, 6) is 0.0284. The van der Waals surface area contributed by atoms with Crippen molar-refractivity contribution in [1.29, 1.82) is 5.26 Å². The zero-order valence-corrected chi connectivity index (χ0v) is 27.7. The van der Waals surface area contributed by atoms with Crippen LogP contribution >= 0.6 is 12.6 Å². The Hall–Kier alpha value is -4.19. The lowest BCUT2D eigenvalue weighted by Crippen LogP contribution is -2.68. The van der Waals surface area contributed by atoms with Gasteiger partial charge < -0.3 is 39.4 Å². The number of methoxy groups -OCH3 is 1. The molecule has 0 radical (unpaired) electrons. The van der Waals surface area contributed by atoms with E-state index >= 15 is 0 Å². The third kappa shape index (κ3) is 5.40. The van der Waals surface area contributed by atoms with Crippen LogP contribution in [0.3, 0.4) is 0 Å². The molecule has 3 N–H and O–H groups in total. The van der Waals surface area contributed by atoms with Crippen LogP contribution in [0.5, 0.6) is 28.7 Å². The number of ether oxygens (including phenoxy) is 5. The lowest BCUT2D eigenvalue weighted by Gasteiger charge is -2.56. The number of carbonyl (C=O) groups is 3. The van der Waals surface area contributed by atoms with Crippen molar-refractivity contribution in [2.24, 2.45) is 0 Å². The molecule has 4 heterocycles. The number of phenols is 1. The summed E-state index contributed by atoms with van der Waals surface area (Å²) in [4.78, 5) is 39.9. The smallest absolute Gasteiger partial charge is 0.329 e. The first-order valence-corrected chi connectivity index (χ1v) is 16.2. The second-order valence-electron chi connectivity index (χ2n) is 12.2. The Bertz CT molecular complexity index is 1690. The molecule has 2 bridgehead atoms. The molecule has 2 aromatic rings. The number of nitriles is 1. The number of hydrogen-bond donors (Lipinski definition) is 4. The number of aryl methyl sites for hydroxylation is 1. The van der Waals surface area contributed by atoms with Gasteiger partial charge in [0.25, 0.3) is 0 Å². The molecule has 4 aliphatic rings. The van der Waals surface area contributed by atoms with Crippen LogP contribution in [0.4, 0.5) is 0 Å². The van der Waals surface area contributed by atoms with Crippen LogP contribution in [-0.4, -0.2) is 78.3 Å². The van der Waals surface area contributed by atoms with Crippen molar-refractivity contribution in [3.8, 4) is 34.8 Å². The minimum absolute atomic E-state index is 0.0203. The zero-order valence-electron chi connectivity index (χ0n) is 26.8. The van der Waals surface area contributed by atoms with Crippen LogP contribution in [0, 0.1) is 25.2 Å². The number of benzene rings is 2. The number of hydrogen-bond acceptors (Lipinski definition) is 13. The van der Waals surface area contributed by atoms with Crippen LogP contribution in [0.1, 0.15) is 65.7 Å². The third-order valence-corrected chi connectivity index (χ3v) is 9.88. The molecule has 0 spiro atoms. The lowest BCUT2D eigenvalue weighted by molar-refractivity contribution is -0.150. The van der Waals surface area contributed by atoms with Gasteiger partial charge in [0.2, 0.25) is 12.7 Å². The number of nitrogens with zero attached hydrogens (tertiary/aromatic N) is 2. The molecule has 0 saturated carbocycles. The quantitative estimate of drug-likeness (QED) is 0.185. The molecule has 14 heteroatoms. The van der Waals surface area contributed by atoms with E-state index in [9.17, 15) is 24.8 Å². The van der Waals surface area contributed by atoms with Gasteiger partial charge in [-0.25, -0.2) is 4.79 Å². The van der Waals surface area contributed by atoms with E-state index in [0.717, 1.165) is 11.1 Å². The first-order chi connectivity index (χ1) is 22.5. The highest BCUT2D eigenvalue weighted by Gasteiger charge is 2.55. The number of phenolic OH excluding ortho intramolecular Hbond substituents is 1. The largest absolute Gasteiger partial charge is 0.504 e. The average molecular weight is 667 g/mol. The summed E-state index contributed by atoms with van der Waals surface area (Å²) in [6.45, 7) is 6.35. The lowest BCUT2D eigenvalue weighted by atomic mass is 9.72. The molecule has 6 rings (SSSR count). The number of fused-ring (bicyclic) bond motifs is 9. The fourth-order valence-electron chi connectivity index (χ4n) is 7.59. The summed E-state index contributed by atoms with van der Waals surface area (Å²) in [5, 5.41) is 28.5. The molecular weight excluding hydrogens is 628 g/mol. The Labute approximate surface area is 277 Å². The molecule has 4 aliphatic heterocycles. The van der Waals surface area contributed by atoms with E-state index < -0.39 is 42.1 Å². The third-order valence-electron chi connectivity index (χ3n) is 9.51. The first-order valence-electron chi connectivity index (χ1n) is 15.6. The Balaban J connectivity index is 1.52. The molecule has 0 aliphatic carbocycles. The number of piperazine rings is 1. The summed E-state index contributed by atoms with van der Waals surface area (Å²) in [5.41, 5.74) is 4.18. The van der Waals surface area contributed by atoms with Crippen LogP contribution in [0.25, 0.3) is 0 Å². The Morgan fingerprint density at radius 1 is 1.21 bits per heavy atom. The minimum Gasteiger partial charge on any atom is -0.504 e. The standard InChI is InChI=1S/C33H38N4O9S/c1-6-24(39)35-20(12-47)33(41)43-11-23-26-18(30(46-16(4)38)15(3)31-32(26)45-13-44-31)9-21-27-25-17(7-14(2)29(42-5)28(25)40)8-19(36-27)22(10-34)37(21)23/h7,19-23,27,36,40,47H,6,8-9,11-13H2,1-5H3,(H,35,39)/t19?,20?,21?,22-,23-,27?/m0/s1. The Morgan fingerprint density at radius 3 is 2.62 bits per heavy atom. The number of rotatable bonds is 8. The molecule has 47 heavy (non-hydrogen) atoms. The van der Waals surface area contributed by atoms with Gasteiger partial charge in [-0.05, 0) is 37.8 Å². The number of aromatic hydroxyl groups is 1. The van der Waals surface area contributed by atoms with Gasteiger partial charge in [0, 0.05) is 53.4 Å². The van der Waals surface area contributed by atoms with Gasteiger partial charge in [-0.3, -0.25) is 14.5 Å². The highest BCUT2D eigenvalue weighted by molar-refractivity contribution is 7.80. The Kier molecular flexibility index (Phi) is 8.90. The number of thiol groups is 1. The van der Waals surface area contributed by atoms with E-state index in [1.54, 1.807) is 13.8 Å². The van der Waals surface area contributed by atoms with Crippen molar-refractivity contribution in [3.63, 3.8) is 0 Å². The molecule has 6 atom stereocenters. The van der Waals surface area contributed by atoms with E-state index in [1.807, 2.05) is 17.9 Å². The van der Waals surface area contributed by atoms with Crippen LogP contribution in [0.2, 0.25) is 0 Å². The van der Waals surface area contributed by atoms with Crippen LogP contribution < -0.4 is 29.6 Å². The molecular formula is C33H38N4O9S. The maximum atomic E-state index is 13.3. The van der Waals surface area contributed by atoms with Crippen molar-refractivity contribution in [2.45, 2.75) is 83.2 Å². The fraction of sp³-hybridized carbons (Fsp3) is 0.515. The first kappa shape index (κ1) is 32.7. The molecule has 1 fully saturated rings. The molecule has 0 aromatic heterocycles. The maximum absolute atomic E-state index is 13.3. The van der Waals surface area contributed by atoms with Crippen molar-refractivity contribution in [1.82, 2.24) is 15.5 Å². The number of esters is 2. The van der Waals surface area contributed by atoms with E-state index in [-0.39, 0.29) is 43.3 Å². The number of nitrogens with one attached hydrogen (secondary N) is 2. The maximum Gasteiger partial charge on any atom is 0.329 e. The second kappa shape index (κ2) is 12.8. The van der Waals surface area contributed by atoms with Crippen molar-refractivity contribution in [3.05, 3.63) is 39.4 Å². The van der Waals surface area contributed by atoms with E-state index in [4.69, 9.17) is 23.7 Å². The summed E-state index contributed by atoms with van der Waals surface area (Å²) in [6, 6.07) is 0.765. The highest BCUT2D eigenvalue weighted by Crippen LogP contribution is 2.56. The molecule has 1 amide bonds. The van der Waals surface area contributed by atoms with Crippen molar-refractivity contribution >= 4 is 30.5 Å². The zero-order chi connectivity index (χ0) is 33.7. The molecule has 13 nitrogen and oxygen atoms in total. The molecule has 2 aromatic carbocycles. The SMILES string of the molecule is CCC(=O)NC(CS)C(=O)OC[C@H]1c2c(c(OC(C)=O)c(C)c3c2OCO3)CC2C3NC(Cc4cc(C)c(OC)c(O)c43)[C@H](C#N)N21. The van der Waals surface area contributed by atoms with Gasteiger partial charge in [0.1, 0.15) is 24.4 Å². The van der Waals surface area contributed by atoms with Gasteiger partial charge in [-0.15, -0.1) is 0 Å². The van der Waals surface area contributed by atoms with Gasteiger partial charge >= 0.3 is 11.9 Å². The predicted molar refractivity (Wildman–Crippen MR) is 170 cm³/mol. The summed E-state index contributed by atoms with van der Waals surface area (Å²) in [7, 11) is 1.51. The van der Waals surface area contributed by atoms with Crippen LogP contribution in [0.15, 0.2) is 6.07 Å². The Morgan fingerprint density at radius 2 is 1.96 bits per heavy atom. The van der Waals surface area contributed by atoms with E-state index in [0.29, 0.717) is 58.1 Å². The topological polar surface area (TPSA) is 169 Å². The molecule has 250 valence electrons. The van der Waals surface area contributed by atoms with Gasteiger partial charge in [0.05, 0.1) is 25.3 Å². The van der Waals surface area contributed by atoms with Crippen molar-refractivity contribution < 1.29 is 43.2 Å². The predicted octanol–water partition coefficient (Wildman–Crippen LogP) is 2.47. The summed E-state index contributed by atoms with van der Waals surface area (Å²) < 4.78 is 29.2. The number of amides is 1. The van der Waals surface area contributed by atoms with E-state index in [2.05, 4.69) is 29.3 Å². The fourth-order valence-corrected chi connectivity index (χ4v) is 7.83. The molecule has 4 unspecified atom stereocenters. The second-order valence-corrected chi connectivity index (χ2v) is 12.6. The van der Waals surface area contributed by atoms with E-state index in [1.165, 1.54) is 14.0 Å². The summed E-state index contributed by atoms with van der Waals surface area (Å²) in [6.07, 6.45) is 0.937. The normalized spacial score (nSPS) is 24.1. The number of carbonyl (C=O) groups excluding carboxylic acids is 3. The van der Waals surface area contributed by atoms with Crippen molar-refractivity contribution in [2.75, 3.05) is 26.3 Å². The van der Waals surface area contributed by atoms with Gasteiger partial charge in [0.15, 0.2) is 23.0 Å². The summed E-state index contributed by atoms with van der Waals surface area (Å²) >= 11 is 4.25. The van der Waals surface area contributed by atoms with Gasteiger partial charge in [-0.2, -0.15) is 17.9 Å². The molecule has 1 saturated heterocycles. The highest BCUT2D eigenvalue weighted by atomic mass is 32.1. The van der Waals surface area contributed by atoms with Gasteiger partial charge in [-0.1, -0.05) is 13.0 Å². The average Bonchev–Trinajstić information content (AvgIpc) is 3.54. The minimum atomic E-state index is -0.988.